The van der Waals surface area contributed by atoms with Gasteiger partial charge in [-0.15, -0.1) is 0 Å². The minimum absolute atomic E-state index is 0.0994. The first-order valence-electron chi connectivity index (χ1n) is 5.63. The standard InChI is InChI=1S/C12H18ClNO3S/c1-4-9(8-17-2)14-12-7-10(18(3,15)16)5-6-11(12)13/h5-7,9,14H,4,8H2,1-3H3. The highest BCUT2D eigenvalue weighted by molar-refractivity contribution is 7.90. The molecule has 0 amide bonds. The summed E-state index contributed by atoms with van der Waals surface area (Å²) in [5.41, 5.74) is 0.614. The summed E-state index contributed by atoms with van der Waals surface area (Å²) in [6.45, 7) is 2.56. The van der Waals surface area contributed by atoms with Crippen molar-refractivity contribution in [1.29, 1.82) is 0 Å². The number of halogens is 1. The fourth-order valence-electron chi connectivity index (χ4n) is 1.53. The van der Waals surface area contributed by atoms with Crippen molar-refractivity contribution in [2.45, 2.75) is 24.3 Å². The summed E-state index contributed by atoms with van der Waals surface area (Å²) in [6, 6.07) is 4.73. The van der Waals surface area contributed by atoms with Gasteiger partial charge in [0.1, 0.15) is 0 Å². The van der Waals surface area contributed by atoms with E-state index in [1.54, 1.807) is 19.2 Å². The Balaban J connectivity index is 3.01. The van der Waals surface area contributed by atoms with Crippen molar-refractivity contribution in [2.24, 2.45) is 0 Å². The molecule has 0 aliphatic rings. The van der Waals surface area contributed by atoms with Crippen LogP contribution < -0.4 is 5.32 Å². The van der Waals surface area contributed by atoms with E-state index in [9.17, 15) is 8.42 Å². The maximum atomic E-state index is 11.5. The molecule has 4 nitrogen and oxygen atoms in total. The van der Waals surface area contributed by atoms with Crippen LogP contribution in [0, 0.1) is 0 Å². The third-order valence-corrected chi connectivity index (χ3v) is 4.03. The monoisotopic (exact) mass is 291 g/mol. The molecule has 1 unspecified atom stereocenters. The van der Waals surface area contributed by atoms with Gasteiger partial charge in [0.2, 0.25) is 0 Å². The lowest BCUT2D eigenvalue weighted by atomic mass is 10.2. The largest absolute Gasteiger partial charge is 0.383 e. The first-order chi connectivity index (χ1) is 8.38. The van der Waals surface area contributed by atoms with Crippen LogP contribution in [0.3, 0.4) is 0 Å². The normalized spacial score (nSPS) is 13.3. The number of hydrogen-bond donors (Lipinski definition) is 1. The van der Waals surface area contributed by atoms with Crippen molar-refractivity contribution in [1.82, 2.24) is 0 Å². The molecule has 0 bridgehead atoms. The van der Waals surface area contributed by atoms with Crippen LogP contribution in [0.4, 0.5) is 5.69 Å². The number of benzene rings is 1. The summed E-state index contributed by atoms with van der Waals surface area (Å²) in [5.74, 6) is 0. The Kier molecular flexibility index (Phi) is 5.44. The average Bonchev–Trinajstić information content (AvgIpc) is 2.29. The number of hydrogen-bond acceptors (Lipinski definition) is 4. The smallest absolute Gasteiger partial charge is 0.175 e. The third kappa shape index (κ3) is 4.15. The number of nitrogens with one attached hydrogen (secondary N) is 1. The van der Waals surface area contributed by atoms with Gasteiger partial charge in [0.25, 0.3) is 0 Å². The van der Waals surface area contributed by atoms with E-state index in [2.05, 4.69) is 5.32 Å². The molecule has 1 aromatic rings. The van der Waals surface area contributed by atoms with Gasteiger partial charge < -0.3 is 10.1 Å². The minimum Gasteiger partial charge on any atom is -0.383 e. The molecule has 0 fully saturated rings. The van der Waals surface area contributed by atoms with Crippen molar-refractivity contribution in [3.05, 3.63) is 23.2 Å². The van der Waals surface area contributed by atoms with Crippen LogP contribution in [-0.4, -0.2) is 34.4 Å². The maximum absolute atomic E-state index is 11.5. The number of methoxy groups -OCH3 is 1. The van der Waals surface area contributed by atoms with Crippen LogP contribution >= 0.6 is 11.6 Å². The zero-order chi connectivity index (χ0) is 13.8. The van der Waals surface area contributed by atoms with Gasteiger partial charge in [0.05, 0.1) is 22.2 Å². The van der Waals surface area contributed by atoms with Crippen molar-refractivity contribution in [3.63, 3.8) is 0 Å². The van der Waals surface area contributed by atoms with E-state index in [0.29, 0.717) is 17.3 Å². The van der Waals surface area contributed by atoms with E-state index in [-0.39, 0.29) is 10.9 Å². The van der Waals surface area contributed by atoms with Crippen LogP contribution in [0.15, 0.2) is 23.1 Å². The zero-order valence-electron chi connectivity index (χ0n) is 10.7. The van der Waals surface area contributed by atoms with Gasteiger partial charge in [0.15, 0.2) is 9.84 Å². The van der Waals surface area contributed by atoms with Gasteiger partial charge in [0, 0.05) is 19.4 Å². The Bertz CT molecular complexity index is 502. The molecule has 0 saturated heterocycles. The molecule has 102 valence electrons. The molecule has 0 aliphatic heterocycles. The van der Waals surface area contributed by atoms with E-state index in [4.69, 9.17) is 16.3 Å². The molecule has 0 saturated carbocycles. The van der Waals surface area contributed by atoms with Crippen LogP contribution in [-0.2, 0) is 14.6 Å². The van der Waals surface area contributed by atoms with E-state index >= 15 is 0 Å². The number of sulfone groups is 1. The lowest BCUT2D eigenvalue weighted by Gasteiger charge is -2.18. The van der Waals surface area contributed by atoms with Crippen LogP contribution in [0.1, 0.15) is 13.3 Å². The van der Waals surface area contributed by atoms with Gasteiger partial charge in [-0.1, -0.05) is 18.5 Å². The lowest BCUT2D eigenvalue weighted by Crippen LogP contribution is -2.24. The molecule has 1 N–H and O–H groups in total. The quantitative estimate of drug-likeness (QED) is 0.875. The molecule has 0 heterocycles. The van der Waals surface area contributed by atoms with Gasteiger partial charge in [-0.3, -0.25) is 0 Å². The molecule has 0 aromatic heterocycles. The fourth-order valence-corrected chi connectivity index (χ4v) is 2.35. The predicted molar refractivity (Wildman–Crippen MR) is 74.1 cm³/mol. The second-order valence-electron chi connectivity index (χ2n) is 4.12. The summed E-state index contributed by atoms with van der Waals surface area (Å²) >= 11 is 6.05. The highest BCUT2D eigenvalue weighted by Crippen LogP contribution is 2.26. The Morgan fingerprint density at radius 1 is 1.44 bits per heavy atom. The molecule has 0 radical (unpaired) electrons. The number of rotatable bonds is 6. The maximum Gasteiger partial charge on any atom is 0.175 e. The molecule has 1 rings (SSSR count). The number of ether oxygens (including phenoxy) is 1. The Labute approximate surface area is 113 Å². The first kappa shape index (κ1) is 15.3. The van der Waals surface area contributed by atoms with E-state index < -0.39 is 9.84 Å². The van der Waals surface area contributed by atoms with Crippen molar-refractivity contribution < 1.29 is 13.2 Å². The first-order valence-corrected chi connectivity index (χ1v) is 7.90. The van der Waals surface area contributed by atoms with Gasteiger partial charge in [-0.2, -0.15) is 0 Å². The molecule has 0 aliphatic carbocycles. The van der Waals surface area contributed by atoms with E-state index in [1.807, 2.05) is 6.92 Å². The molecule has 0 spiro atoms. The van der Waals surface area contributed by atoms with Crippen molar-refractivity contribution >= 4 is 27.1 Å². The highest BCUT2D eigenvalue weighted by atomic mass is 35.5. The Morgan fingerprint density at radius 3 is 2.61 bits per heavy atom. The topological polar surface area (TPSA) is 55.4 Å². The predicted octanol–water partition coefficient (Wildman–Crippen LogP) is 2.58. The van der Waals surface area contributed by atoms with Gasteiger partial charge >= 0.3 is 0 Å². The summed E-state index contributed by atoms with van der Waals surface area (Å²) in [5, 5.41) is 3.69. The average molecular weight is 292 g/mol. The SMILES string of the molecule is CCC(COC)Nc1cc(S(C)(=O)=O)ccc1Cl. The highest BCUT2D eigenvalue weighted by Gasteiger charge is 2.12. The summed E-state index contributed by atoms with van der Waals surface area (Å²) in [7, 11) is -1.60. The zero-order valence-corrected chi connectivity index (χ0v) is 12.3. The summed E-state index contributed by atoms with van der Waals surface area (Å²) in [6.07, 6.45) is 2.03. The molecule has 18 heavy (non-hydrogen) atoms. The molecule has 1 aromatic carbocycles. The third-order valence-electron chi connectivity index (χ3n) is 2.59. The second kappa shape index (κ2) is 6.41. The fraction of sp³-hybridized carbons (Fsp3) is 0.500. The lowest BCUT2D eigenvalue weighted by molar-refractivity contribution is 0.184. The van der Waals surface area contributed by atoms with E-state index in [0.717, 1.165) is 6.42 Å². The molecular formula is C12H18ClNO3S. The second-order valence-corrected chi connectivity index (χ2v) is 6.54. The van der Waals surface area contributed by atoms with Gasteiger partial charge in [-0.05, 0) is 24.6 Å². The van der Waals surface area contributed by atoms with Crippen molar-refractivity contribution in [3.8, 4) is 0 Å². The van der Waals surface area contributed by atoms with Gasteiger partial charge in [-0.25, -0.2) is 8.42 Å². The summed E-state index contributed by atoms with van der Waals surface area (Å²) < 4.78 is 28.0. The Hall–Kier alpha value is -0.780. The minimum atomic E-state index is -3.23. The van der Waals surface area contributed by atoms with Crippen LogP contribution in [0.2, 0.25) is 5.02 Å². The van der Waals surface area contributed by atoms with Crippen LogP contribution in [0.5, 0.6) is 0 Å². The van der Waals surface area contributed by atoms with Crippen molar-refractivity contribution in [2.75, 3.05) is 25.3 Å². The van der Waals surface area contributed by atoms with Crippen LogP contribution in [0.25, 0.3) is 0 Å². The van der Waals surface area contributed by atoms with E-state index in [1.165, 1.54) is 12.3 Å². The summed E-state index contributed by atoms with van der Waals surface area (Å²) in [4.78, 5) is 0.252. The molecular weight excluding hydrogens is 274 g/mol. The molecule has 6 heteroatoms. The Morgan fingerprint density at radius 2 is 2.11 bits per heavy atom. The number of anilines is 1. The molecule has 1 atom stereocenters.